The summed E-state index contributed by atoms with van der Waals surface area (Å²) in [6.45, 7) is 21.0. The summed E-state index contributed by atoms with van der Waals surface area (Å²) < 4.78 is 5.81. The molecule has 7 heteroatoms. The van der Waals surface area contributed by atoms with Crippen LogP contribution < -0.4 is 0 Å². The third kappa shape index (κ3) is 38.5. The minimum atomic E-state index is -0.0167. The maximum Gasteiger partial charge on any atom is 0.305 e. The lowest BCUT2D eigenvalue weighted by atomic mass is 9.96. The van der Waals surface area contributed by atoms with E-state index in [0.717, 1.165) is 129 Å². The molecule has 7 nitrogen and oxygen atoms in total. The first-order valence-corrected chi connectivity index (χ1v) is 27.3. The van der Waals surface area contributed by atoms with Gasteiger partial charge in [0.1, 0.15) is 0 Å². The molecule has 0 aliphatic carbocycles. The summed E-state index contributed by atoms with van der Waals surface area (Å²) in [5, 5.41) is 0. The number of esters is 1. The minimum Gasteiger partial charge on any atom is -0.465 e. The van der Waals surface area contributed by atoms with Crippen molar-refractivity contribution in [3.8, 4) is 0 Å². The van der Waals surface area contributed by atoms with Gasteiger partial charge in [0.2, 0.25) is 11.8 Å². The Morgan fingerprint density at radius 3 is 1.03 bits per heavy atom. The molecule has 0 fully saturated rings. The van der Waals surface area contributed by atoms with Crippen LogP contribution in [0.5, 0.6) is 0 Å². The smallest absolute Gasteiger partial charge is 0.305 e. The van der Waals surface area contributed by atoms with Gasteiger partial charge in [0.15, 0.2) is 0 Å². The lowest BCUT2D eigenvalue weighted by Crippen LogP contribution is -2.33. The van der Waals surface area contributed by atoms with Crippen LogP contribution >= 0.6 is 0 Å². The van der Waals surface area contributed by atoms with Crippen LogP contribution in [-0.2, 0) is 19.1 Å². The van der Waals surface area contributed by atoms with Crippen molar-refractivity contribution in [2.24, 2.45) is 5.92 Å². The van der Waals surface area contributed by atoms with E-state index in [1.807, 2.05) is 0 Å². The molecule has 0 radical (unpaired) electrons. The molecule has 0 spiro atoms. The Bertz CT molecular complexity index is 887. The zero-order chi connectivity index (χ0) is 44.9. The maximum absolute atomic E-state index is 13.3. The molecule has 0 aromatic rings. The Kier molecular flexibility index (Phi) is 45.1. The Morgan fingerprint density at radius 1 is 0.344 bits per heavy atom. The summed E-state index contributed by atoms with van der Waals surface area (Å²) in [4.78, 5) is 46.3. The van der Waals surface area contributed by atoms with Crippen molar-refractivity contribution >= 4 is 17.8 Å². The molecule has 1 unspecified atom stereocenters. The average Bonchev–Trinajstić information content (AvgIpc) is 3.26. The van der Waals surface area contributed by atoms with Crippen LogP contribution in [0.2, 0.25) is 0 Å². The summed E-state index contributed by atoms with van der Waals surface area (Å²) in [6, 6.07) is 0. The molecule has 0 saturated heterocycles. The van der Waals surface area contributed by atoms with Gasteiger partial charge in [0.25, 0.3) is 0 Å². The fourth-order valence-electron chi connectivity index (χ4n) is 8.60. The van der Waals surface area contributed by atoms with Crippen LogP contribution in [0.3, 0.4) is 0 Å². The summed E-state index contributed by atoms with van der Waals surface area (Å²) in [5.74, 6) is 1.22. The topological polar surface area (TPSA) is 70.2 Å². The van der Waals surface area contributed by atoms with Crippen LogP contribution in [0.4, 0.5) is 0 Å². The summed E-state index contributed by atoms with van der Waals surface area (Å²) >= 11 is 0. The van der Waals surface area contributed by atoms with E-state index < -0.39 is 0 Å². The second-order valence-electron chi connectivity index (χ2n) is 18.8. The van der Waals surface area contributed by atoms with E-state index >= 15 is 0 Å². The highest BCUT2D eigenvalue weighted by molar-refractivity contribution is 5.76. The molecular weight excluding hydrogens is 755 g/mol. The third-order valence-electron chi connectivity index (χ3n) is 12.8. The monoisotopic (exact) mass is 862 g/mol. The van der Waals surface area contributed by atoms with Crippen molar-refractivity contribution in [1.29, 1.82) is 0 Å². The molecule has 0 bridgehead atoms. The van der Waals surface area contributed by atoms with Gasteiger partial charge in [-0.1, -0.05) is 176 Å². The second-order valence-corrected chi connectivity index (χ2v) is 18.8. The van der Waals surface area contributed by atoms with E-state index in [-0.39, 0.29) is 5.97 Å². The molecule has 0 heterocycles. The highest BCUT2D eigenvalue weighted by Gasteiger charge is 2.16. The van der Waals surface area contributed by atoms with Crippen molar-refractivity contribution in [2.45, 2.75) is 273 Å². The first-order valence-electron chi connectivity index (χ1n) is 27.3. The molecule has 61 heavy (non-hydrogen) atoms. The zero-order valence-corrected chi connectivity index (χ0v) is 42.2. The summed E-state index contributed by atoms with van der Waals surface area (Å²) in [7, 11) is 0. The Morgan fingerprint density at radius 2 is 0.656 bits per heavy atom. The lowest BCUT2D eigenvalue weighted by molar-refractivity contribution is -0.145. The largest absolute Gasteiger partial charge is 0.465 e. The minimum absolute atomic E-state index is 0.0167. The van der Waals surface area contributed by atoms with Crippen molar-refractivity contribution in [3.63, 3.8) is 0 Å². The SMILES string of the molecule is CCCCCCC(CCCC)COC(=O)CCCCCN(CCCCCC(=O)N(CCCCCC)CCCCCC)CCCCCC(=O)N(CCCCCC)CCCCCC. The van der Waals surface area contributed by atoms with E-state index in [2.05, 4.69) is 56.2 Å². The fraction of sp³-hybridized carbons (Fsp3) is 0.944. The molecule has 0 saturated carbocycles. The molecule has 0 aromatic heterocycles. The summed E-state index contributed by atoms with van der Waals surface area (Å²) in [5.41, 5.74) is 0. The number of hydrogen-bond acceptors (Lipinski definition) is 5. The third-order valence-corrected chi connectivity index (χ3v) is 12.8. The van der Waals surface area contributed by atoms with Gasteiger partial charge in [-0.15, -0.1) is 0 Å². The lowest BCUT2D eigenvalue weighted by Gasteiger charge is -2.24. The number of nitrogens with zero attached hydrogens (tertiary/aromatic N) is 3. The molecular formula is C54H107N3O4. The van der Waals surface area contributed by atoms with E-state index in [4.69, 9.17) is 4.74 Å². The van der Waals surface area contributed by atoms with Crippen molar-refractivity contribution in [1.82, 2.24) is 14.7 Å². The van der Waals surface area contributed by atoms with Crippen LogP contribution in [0.1, 0.15) is 273 Å². The molecule has 2 amide bonds. The molecule has 0 rings (SSSR count). The molecule has 0 aliphatic heterocycles. The van der Waals surface area contributed by atoms with Gasteiger partial charge in [0, 0.05) is 45.4 Å². The average molecular weight is 862 g/mol. The van der Waals surface area contributed by atoms with Crippen LogP contribution in [0.25, 0.3) is 0 Å². The number of carbonyl (C=O) groups is 3. The van der Waals surface area contributed by atoms with Gasteiger partial charge >= 0.3 is 5.97 Å². The Hall–Kier alpha value is -1.63. The number of hydrogen-bond donors (Lipinski definition) is 0. The van der Waals surface area contributed by atoms with Gasteiger partial charge in [-0.25, -0.2) is 0 Å². The number of carbonyl (C=O) groups excluding carboxylic acids is 3. The standard InChI is InChI=1S/C54H107N3O4/c1-7-13-19-27-39-51(38-18-12-6)50-61-54(60)42-30-26-33-45-55(43-31-24-28-40-52(58)56(46-34-20-14-8-2)47-35-21-15-9-3)44-32-25-29-41-53(59)57(48-36-22-16-10-4)49-37-23-17-11-5/h51H,7-50H2,1-6H3. The van der Waals surface area contributed by atoms with Crippen molar-refractivity contribution < 1.29 is 19.1 Å². The van der Waals surface area contributed by atoms with E-state index in [9.17, 15) is 14.4 Å². The van der Waals surface area contributed by atoms with Gasteiger partial charge in [-0.2, -0.15) is 0 Å². The quantitative estimate of drug-likeness (QED) is 0.0450. The van der Waals surface area contributed by atoms with Gasteiger partial charge in [-0.05, 0) is 103 Å². The van der Waals surface area contributed by atoms with Crippen LogP contribution in [0, 0.1) is 5.92 Å². The van der Waals surface area contributed by atoms with Gasteiger partial charge < -0.3 is 19.4 Å². The van der Waals surface area contributed by atoms with E-state index in [0.29, 0.717) is 43.6 Å². The molecule has 0 aromatic carbocycles. The highest BCUT2D eigenvalue weighted by atomic mass is 16.5. The Balaban J connectivity index is 5.04. The number of unbranched alkanes of at least 4 members (excludes halogenated alkanes) is 22. The first-order chi connectivity index (χ1) is 29.9. The normalized spacial score (nSPS) is 12.0. The molecule has 0 N–H and O–H groups in total. The maximum atomic E-state index is 13.3. The predicted molar refractivity (Wildman–Crippen MR) is 264 cm³/mol. The van der Waals surface area contributed by atoms with Gasteiger partial charge in [0.05, 0.1) is 6.61 Å². The zero-order valence-electron chi connectivity index (χ0n) is 42.2. The fourth-order valence-corrected chi connectivity index (χ4v) is 8.60. The molecule has 0 aliphatic rings. The number of rotatable bonds is 48. The van der Waals surface area contributed by atoms with Crippen molar-refractivity contribution in [3.05, 3.63) is 0 Å². The second kappa shape index (κ2) is 46.4. The number of ether oxygens (including phenoxy) is 1. The molecule has 362 valence electrons. The summed E-state index contributed by atoms with van der Waals surface area (Å²) in [6.07, 6.45) is 40.5. The Labute approximate surface area is 381 Å². The van der Waals surface area contributed by atoms with E-state index in [1.165, 1.54) is 128 Å². The number of amides is 2. The van der Waals surface area contributed by atoms with Crippen molar-refractivity contribution in [2.75, 3.05) is 52.4 Å². The van der Waals surface area contributed by atoms with E-state index in [1.54, 1.807) is 0 Å². The predicted octanol–water partition coefficient (Wildman–Crippen LogP) is 15.3. The molecule has 1 atom stereocenters. The highest BCUT2D eigenvalue weighted by Crippen LogP contribution is 2.19. The van der Waals surface area contributed by atoms with Gasteiger partial charge in [-0.3, -0.25) is 14.4 Å². The first kappa shape index (κ1) is 59.4. The van der Waals surface area contributed by atoms with Crippen LogP contribution in [-0.4, -0.2) is 84.9 Å². The van der Waals surface area contributed by atoms with Crippen LogP contribution in [0.15, 0.2) is 0 Å².